The number of fused-ring (bicyclic) bond motifs is 1. The van der Waals surface area contributed by atoms with Crippen molar-refractivity contribution in [2.45, 2.75) is 12.7 Å². The molecule has 0 saturated heterocycles. The first-order valence-corrected chi connectivity index (χ1v) is 7.81. The number of halogens is 1. The number of aromatic nitrogens is 2. The Morgan fingerprint density at radius 1 is 1.16 bits per heavy atom. The Morgan fingerprint density at radius 2 is 1.92 bits per heavy atom. The first-order valence-electron chi connectivity index (χ1n) is 7.81. The molecule has 0 aliphatic carbocycles. The van der Waals surface area contributed by atoms with Gasteiger partial charge in [0.25, 0.3) is 0 Å². The third-order valence-corrected chi connectivity index (χ3v) is 4.23. The number of amidine groups is 1. The average molecular weight is 336 g/mol. The molecule has 1 aliphatic rings. The molecule has 5 N–H and O–H groups in total. The number of imidazole rings is 1. The molecular weight excluding hydrogens is 319 g/mol. The monoisotopic (exact) mass is 336 g/mol. The number of nitrogens with one attached hydrogen (secondary N) is 1. The Bertz CT molecular complexity index is 1020. The molecule has 1 aromatic heterocycles. The van der Waals surface area contributed by atoms with Crippen LogP contribution in [0.2, 0.25) is 0 Å². The summed E-state index contributed by atoms with van der Waals surface area (Å²) in [6.45, 7) is 1.83. The van der Waals surface area contributed by atoms with Crippen molar-refractivity contribution in [2.75, 3.05) is 0 Å². The van der Waals surface area contributed by atoms with Crippen LogP contribution in [0.1, 0.15) is 11.4 Å². The van der Waals surface area contributed by atoms with Gasteiger partial charge in [0.2, 0.25) is 5.79 Å². The van der Waals surface area contributed by atoms with E-state index in [1.165, 1.54) is 12.1 Å². The molecule has 0 amide bonds. The minimum absolute atomic E-state index is 0.247. The lowest BCUT2D eigenvalue weighted by Gasteiger charge is -2.31. The Morgan fingerprint density at radius 3 is 2.64 bits per heavy atom. The van der Waals surface area contributed by atoms with Gasteiger partial charge < -0.3 is 11.1 Å². The summed E-state index contributed by atoms with van der Waals surface area (Å²) in [5, 5.41) is 3.09. The molecule has 3 aromatic rings. The van der Waals surface area contributed by atoms with Crippen molar-refractivity contribution in [2.24, 2.45) is 16.5 Å². The number of aliphatic imine (C=N–C) groups is 1. The van der Waals surface area contributed by atoms with E-state index in [4.69, 9.17) is 11.5 Å². The van der Waals surface area contributed by atoms with Crippen molar-refractivity contribution in [1.29, 1.82) is 0 Å². The Kier molecular flexibility index (Phi) is 3.33. The summed E-state index contributed by atoms with van der Waals surface area (Å²) >= 11 is 0. The zero-order valence-electron chi connectivity index (χ0n) is 13.6. The number of nitrogens with zero attached hydrogens (tertiary/aromatic N) is 3. The zero-order valence-corrected chi connectivity index (χ0v) is 13.6. The van der Waals surface area contributed by atoms with Gasteiger partial charge in [-0.1, -0.05) is 30.3 Å². The second-order valence-corrected chi connectivity index (χ2v) is 5.93. The van der Waals surface area contributed by atoms with Crippen LogP contribution in [0.5, 0.6) is 0 Å². The van der Waals surface area contributed by atoms with E-state index in [9.17, 15) is 4.39 Å². The van der Waals surface area contributed by atoms with Crippen molar-refractivity contribution in [1.82, 2.24) is 14.9 Å². The molecule has 0 fully saturated rings. The Labute approximate surface area is 143 Å². The van der Waals surface area contributed by atoms with E-state index in [1.54, 1.807) is 16.8 Å². The SMILES string of the molecule is Cc1nc2ccc(F)cc2n1C1=CNC(N)(c2ccccc2)N=C1N. The number of aryl methyl sites for hydroxylation is 1. The lowest BCUT2D eigenvalue weighted by atomic mass is 10.1. The van der Waals surface area contributed by atoms with Gasteiger partial charge in [0.1, 0.15) is 23.2 Å². The first kappa shape index (κ1) is 15.3. The van der Waals surface area contributed by atoms with Crippen LogP contribution in [-0.4, -0.2) is 15.4 Å². The second kappa shape index (κ2) is 5.42. The van der Waals surface area contributed by atoms with Gasteiger partial charge in [0, 0.05) is 17.8 Å². The van der Waals surface area contributed by atoms with Gasteiger partial charge >= 0.3 is 0 Å². The van der Waals surface area contributed by atoms with Gasteiger partial charge in [-0.15, -0.1) is 0 Å². The minimum atomic E-state index is -1.15. The third kappa shape index (κ3) is 2.45. The smallest absolute Gasteiger partial charge is 0.211 e. The average Bonchev–Trinajstić information content (AvgIpc) is 2.91. The van der Waals surface area contributed by atoms with E-state index in [2.05, 4.69) is 15.3 Å². The topological polar surface area (TPSA) is 94.2 Å². The normalized spacial score (nSPS) is 20.1. The molecule has 6 nitrogen and oxygen atoms in total. The van der Waals surface area contributed by atoms with Crippen molar-refractivity contribution >= 4 is 22.6 Å². The molecule has 1 unspecified atom stereocenters. The summed E-state index contributed by atoms with van der Waals surface area (Å²) in [7, 11) is 0. The highest BCUT2D eigenvalue weighted by molar-refractivity contribution is 6.18. The number of benzene rings is 2. The van der Waals surface area contributed by atoms with Crippen LogP contribution in [0.15, 0.2) is 59.7 Å². The van der Waals surface area contributed by atoms with E-state index in [1.807, 2.05) is 37.3 Å². The molecule has 4 rings (SSSR count). The highest BCUT2D eigenvalue weighted by Gasteiger charge is 2.30. The van der Waals surface area contributed by atoms with Crippen molar-refractivity contribution in [3.8, 4) is 0 Å². The summed E-state index contributed by atoms with van der Waals surface area (Å²) in [4.78, 5) is 8.89. The van der Waals surface area contributed by atoms with Crippen molar-refractivity contribution < 1.29 is 4.39 Å². The highest BCUT2D eigenvalue weighted by Crippen LogP contribution is 2.26. The molecule has 2 aromatic carbocycles. The van der Waals surface area contributed by atoms with Crippen LogP contribution < -0.4 is 16.8 Å². The van der Waals surface area contributed by atoms with Gasteiger partial charge in [0.15, 0.2) is 0 Å². The molecule has 0 spiro atoms. The van der Waals surface area contributed by atoms with Gasteiger partial charge in [-0.3, -0.25) is 10.3 Å². The fourth-order valence-corrected chi connectivity index (χ4v) is 3.02. The van der Waals surface area contributed by atoms with Gasteiger partial charge in [-0.25, -0.2) is 14.4 Å². The van der Waals surface area contributed by atoms with Crippen LogP contribution >= 0.6 is 0 Å². The van der Waals surface area contributed by atoms with Gasteiger partial charge in [0.05, 0.1) is 11.0 Å². The Balaban J connectivity index is 1.81. The van der Waals surface area contributed by atoms with E-state index in [-0.39, 0.29) is 11.7 Å². The van der Waals surface area contributed by atoms with Crippen molar-refractivity contribution in [3.05, 3.63) is 71.9 Å². The second-order valence-electron chi connectivity index (χ2n) is 5.93. The summed E-state index contributed by atoms with van der Waals surface area (Å²) in [6.07, 6.45) is 1.69. The largest absolute Gasteiger partial charge is 0.382 e. The maximum atomic E-state index is 13.7. The van der Waals surface area contributed by atoms with E-state index in [0.717, 1.165) is 5.56 Å². The van der Waals surface area contributed by atoms with E-state index < -0.39 is 5.79 Å². The lowest BCUT2D eigenvalue weighted by molar-refractivity contribution is 0.410. The standard InChI is InChI=1S/C18H17FN6/c1-11-23-14-8-7-13(19)9-15(14)25(11)16-10-22-18(21,24-17(16)20)12-5-3-2-4-6-12/h2-10,22H,21H2,1H3,(H2,20,24). The lowest BCUT2D eigenvalue weighted by Crippen LogP contribution is -2.50. The van der Waals surface area contributed by atoms with Crippen LogP contribution in [-0.2, 0) is 5.79 Å². The highest BCUT2D eigenvalue weighted by atomic mass is 19.1. The number of hydrogen-bond acceptors (Lipinski definition) is 5. The summed E-state index contributed by atoms with van der Waals surface area (Å²) in [5.41, 5.74) is 15.2. The molecule has 2 heterocycles. The molecule has 25 heavy (non-hydrogen) atoms. The van der Waals surface area contributed by atoms with Gasteiger partial charge in [-0.05, 0) is 19.1 Å². The molecular formula is C18H17FN6. The summed E-state index contributed by atoms with van der Waals surface area (Å²) in [5.74, 6) is -0.566. The molecule has 0 saturated carbocycles. The number of nitrogens with two attached hydrogens (primary N) is 2. The molecule has 0 radical (unpaired) electrons. The maximum Gasteiger partial charge on any atom is 0.211 e. The number of rotatable bonds is 2. The minimum Gasteiger partial charge on any atom is -0.382 e. The fraction of sp³-hybridized carbons (Fsp3) is 0.111. The van der Waals surface area contributed by atoms with E-state index in [0.29, 0.717) is 22.6 Å². The third-order valence-electron chi connectivity index (χ3n) is 4.23. The Hall–Kier alpha value is -3.19. The first-order chi connectivity index (χ1) is 12.0. The fourth-order valence-electron chi connectivity index (χ4n) is 3.02. The summed E-state index contributed by atoms with van der Waals surface area (Å²) in [6, 6.07) is 13.8. The molecule has 1 aliphatic heterocycles. The molecule has 1 atom stereocenters. The molecule has 7 heteroatoms. The van der Waals surface area contributed by atoms with Crippen LogP contribution in [0.25, 0.3) is 16.7 Å². The molecule has 126 valence electrons. The maximum absolute atomic E-state index is 13.7. The van der Waals surface area contributed by atoms with Gasteiger partial charge in [-0.2, -0.15) is 0 Å². The quantitative estimate of drug-likeness (QED) is 0.667. The van der Waals surface area contributed by atoms with Crippen LogP contribution in [0.4, 0.5) is 4.39 Å². The zero-order chi connectivity index (χ0) is 17.6. The van der Waals surface area contributed by atoms with Crippen LogP contribution in [0, 0.1) is 12.7 Å². The summed E-state index contributed by atoms with van der Waals surface area (Å²) < 4.78 is 15.4. The van der Waals surface area contributed by atoms with E-state index >= 15 is 0 Å². The van der Waals surface area contributed by atoms with Crippen molar-refractivity contribution in [3.63, 3.8) is 0 Å². The van der Waals surface area contributed by atoms with Crippen LogP contribution in [0.3, 0.4) is 0 Å². The number of hydrogen-bond donors (Lipinski definition) is 3. The predicted octanol–water partition coefficient (Wildman–Crippen LogP) is 2.01. The predicted molar refractivity (Wildman–Crippen MR) is 95.8 cm³/mol. The molecule has 0 bridgehead atoms.